The van der Waals surface area contributed by atoms with Crippen molar-refractivity contribution in [3.8, 4) is 5.75 Å². The molecule has 2 N–H and O–H groups in total. The highest BCUT2D eigenvalue weighted by molar-refractivity contribution is 6.32. The van der Waals surface area contributed by atoms with Gasteiger partial charge in [-0.2, -0.15) is 0 Å². The molecule has 0 fully saturated rings. The smallest absolute Gasteiger partial charge is 0.335 e. The van der Waals surface area contributed by atoms with Gasteiger partial charge in [0.05, 0.1) is 17.7 Å². The van der Waals surface area contributed by atoms with Crippen molar-refractivity contribution in [3.05, 3.63) is 58.6 Å². The van der Waals surface area contributed by atoms with Crippen molar-refractivity contribution in [1.82, 2.24) is 0 Å². The highest BCUT2D eigenvalue weighted by Gasteiger charge is 2.03. The summed E-state index contributed by atoms with van der Waals surface area (Å²) in [5, 5.41) is 12.6. The first-order valence-electron chi connectivity index (χ1n) is 6.00. The maximum absolute atomic E-state index is 10.7. The second-order valence-corrected chi connectivity index (χ2v) is 4.61. The Bertz CT molecular complexity index is 611. The average Bonchev–Trinajstić information content (AvgIpc) is 2.45. The zero-order chi connectivity index (χ0) is 14.5. The number of benzene rings is 2. The number of hydrogen-bond acceptors (Lipinski definition) is 3. The van der Waals surface area contributed by atoms with Crippen LogP contribution in [0.25, 0.3) is 0 Å². The second kappa shape index (κ2) is 6.30. The Kier molecular flexibility index (Phi) is 4.48. The number of hydrogen-bond donors (Lipinski definition) is 2. The summed E-state index contributed by atoms with van der Waals surface area (Å²) < 4.78 is 5.08. The third-order valence-corrected chi connectivity index (χ3v) is 3.14. The molecular weight excluding hydrogens is 278 g/mol. The Labute approximate surface area is 122 Å². The van der Waals surface area contributed by atoms with Crippen LogP contribution >= 0.6 is 11.6 Å². The molecule has 0 saturated carbocycles. The number of aromatic carboxylic acids is 1. The van der Waals surface area contributed by atoms with Crippen LogP contribution in [-0.4, -0.2) is 18.2 Å². The van der Waals surface area contributed by atoms with Crippen LogP contribution in [0, 0.1) is 0 Å². The molecule has 0 aliphatic heterocycles. The lowest BCUT2D eigenvalue weighted by Crippen LogP contribution is -2.01. The number of anilines is 1. The van der Waals surface area contributed by atoms with Crippen molar-refractivity contribution in [2.45, 2.75) is 6.54 Å². The summed E-state index contributed by atoms with van der Waals surface area (Å²) in [5.74, 6) is -0.297. The Balaban J connectivity index is 2.01. The number of rotatable bonds is 5. The molecule has 0 radical (unpaired) electrons. The number of carboxylic acid groups (broad SMARTS) is 1. The van der Waals surface area contributed by atoms with Crippen molar-refractivity contribution >= 4 is 23.3 Å². The summed E-state index contributed by atoms with van der Waals surface area (Å²) in [6, 6.07) is 12.2. The van der Waals surface area contributed by atoms with Gasteiger partial charge in [0.2, 0.25) is 0 Å². The summed E-state index contributed by atoms with van der Waals surface area (Å²) in [6.45, 7) is 0.586. The largest absolute Gasteiger partial charge is 0.495 e. The molecule has 0 amide bonds. The Hall–Kier alpha value is -2.20. The molecule has 2 aromatic carbocycles. The van der Waals surface area contributed by atoms with Crippen LogP contribution < -0.4 is 10.1 Å². The van der Waals surface area contributed by atoms with E-state index >= 15 is 0 Å². The van der Waals surface area contributed by atoms with E-state index in [1.165, 1.54) is 0 Å². The Morgan fingerprint density at radius 3 is 2.50 bits per heavy atom. The predicted octanol–water partition coefficient (Wildman–Crippen LogP) is 3.66. The number of methoxy groups -OCH3 is 1. The van der Waals surface area contributed by atoms with Gasteiger partial charge in [0.15, 0.2) is 0 Å². The first-order chi connectivity index (χ1) is 9.60. The highest BCUT2D eigenvalue weighted by Crippen LogP contribution is 2.27. The molecule has 2 rings (SSSR count). The lowest BCUT2D eigenvalue weighted by atomic mass is 10.1. The monoisotopic (exact) mass is 291 g/mol. The molecule has 20 heavy (non-hydrogen) atoms. The molecule has 0 saturated heterocycles. The first-order valence-corrected chi connectivity index (χ1v) is 6.37. The van der Waals surface area contributed by atoms with Crippen LogP contribution in [-0.2, 0) is 6.54 Å². The van der Waals surface area contributed by atoms with Crippen LogP contribution in [0.2, 0.25) is 5.02 Å². The van der Waals surface area contributed by atoms with Crippen LogP contribution in [0.1, 0.15) is 15.9 Å². The molecule has 0 aromatic heterocycles. The van der Waals surface area contributed by atoms with Gasteiger partial charge in [-0.3, -0.25) is 0 Å². The van der Waals surface area contributed by atoms with Crippen molar-refractivity contribution < 1.29 is 14.6 Å². The molecule has 0 aliphatic rings. The second-order valence-electron chi connectivity index (χ2n) is 4.20. The van der Waals surface area contributed by atoms with Crippen molar-refractivity contribution in [2.75, 3.05) is 12.4 Å². The van der Waals surface area contributed by atoms with E-state index in [1.807, 2.05) is 6.07 Å². The molecule has 0 spiro atoms. The molecule has 0 unspecified atom stereocenters. The number of carbonyl (C=O) groups is 1. The predicted molar refractivity (Wildman–Crippen MR) is 78.7 cm³/mol. The summed E-state index contributed by atoms with van der Waals surface area (Å²) in [7, 11) is 1.57. The lowest BCUT2D eigenvalue weighted by molar-refractivity contribution is 0.0697. The Morgan fingerprint density at radius 2 is 1.95 bits per heavy atom. The minimum absolute atomic E-state index is 0.279. The zero-order valence-electron chi connectivity index (χ0n) is 10.9. The zero-order valence-corrected chi connectivity index (χ0v) is 11.6. The van der Waals surface area contributed by atoms with Gasteiger partial charge in [-0.1, -0.05) is 23.7 Å². The number of nitrogens with one attached hydrogen (secondary N) is 1. The topological polar surface area (TPSA) is 58.6 Å². The molecule has 0 heterocycles. The molecule has 2 aromatic rings. The van der Waals surface area contributed by atoms with Gasteiger partial charge >= 0.3 is 5.97 Å². The SMILES string of the molecule is COc1ccc(NCc2ccc(C(=O)O)cc2)cc1Cl. The number of ether oxygens (including phenoxy) is 1. The van der Waals surface area contributed by atoms with E-state index < -0.39 is 5.97 Å². The van der Waals surface area contributed by atoms with Gasteiger partial charge in [0.1, 0.15) is 5.75 Å². The number of halogens is 1. The van der Waals surface area contributed by atoms with Crippen LogP contribution in [0.15, 0.2) is 42.5 Å². The third kappa shape index (κ3) is 3.42. The fraction of sp³-hybridized carbons (Fsp3) is 0.133. The molecular formula is C15H14ClNO3. The molecule has 5 heteroatoms. The van der Waals surface area contributed by atoms with E-state index in [-0.39, 0.29) is 5.56 Å². The van der Waals surface area contributed by atoms with Crippen LogP contribution in [0.3, 0.4) is 0 Å². The molecule has 0 bridgehead atoms. The van der Waals surface area contributed by atoms with E-state index in [1.54, 1.807) is 43.5 Å². The summed E-state index contributed by atoms with van der Waals surface area (Å²) in [4.78, 5) is 10.7. The lowest BCUT2D eigenvalue weighted by Gasteiger charge is -2.09. The van der Waals surface area contributed by atoms with Crippen molar-refractivity contribution in [2.24, 2.45) is 0 Å². The molecule has 4 nitrogen and oxygen atoms in total. The molecule has 104 valence electrons. The van der Waals surface area contributed by atoms with E-state index in [4.69, 9.17) is 21.4 Å². The van der Waals surface area contributed by atoms with Gasteiger partial charge in [0.25, 0.3) is 0 Å². The minimum Gasteiger partial charge on any atom is -0.495 e. The van der Waals surface area contributed by atoms with Gasteiger partial charge in [-0.15, -0.1) is 0 Å². The maximum Gasteiger partial charge on any atom is 0.335 e. The van der Waals surface area contributed by atoms with E-state index in [0.717, 1.165) is 11.3 Å². The van der Waals surface area contributed by atoms with Crippen LogP contribution in [0.5, 0.6) is 5.75 Å². The minimum atomic E-state index is -0.925. The van der Waals surface area contributed by atoms with E-state index in [0.29, 0.717) is 17.3 Å². The van der Waals surface area contributed by atoms with Crippen molar-refractivity contribution in [1.29, 1.82) is 0 Å². The third-order valence-electron chi connectivity index (χ3n) is 2.85. The van der Waals surface area contributed by atoms with Crippen molar-refractivity contribution in [3.63, 3.8) is 0 Å². The van der Waals surface area contributed by atoms with Gasteiger partial charge in [-0.05, 0) is 35.9 Å². The summed E-state index contributed by atoms with van der Waals surface area (Å²) in [5.41, 5.74) is 2.14. The Morgan fingerprint density at radius 1 is 1.25 bits per heavy atom. The normalized spacial score (nSPS) is 10.1. The quantitative estimate of drug-likeness (QED) is 0.882. The maximum atomic E-state index is 10.7. The van der Waals surface area contributed by atoms with E-state index in [9.17, 15) is 4.79 Å². The average molecular weight is 292 g/mol. The van der Waals surface area contributed by atoms with Crippen LogP contribution in [0.4, 0.5) is 5.69 Å². The molecule has 0 aliphatic carbocycles. The fourth-order valence-corrected chi connectivity index (χ4v) is 2.00. The molecule has 0 atom stereocenters. The summed E-state index contributed by atoms with van der Waals surface area (Å²) in [6.07, 6.45) is 0. The fourth-order valence-electron chi connectivity index (χ4n) is 1.75. The van der Waals surface area contributed by atoms with Gasteiger partial charge in [0, 0.05) is 12.2 Å². The highest BCUT2D eigenvalue weighted by atomic mass is 35.5. The number of carboxylic acids is 1. The van der Waals surface area contributed by atoms with E-state index in [2.05, 4.69) is 5.32 Å². The van der Waals surface area contributed by atoms with Gasteiger partial charge in [-0.25, -0.2) is 4.79 Å². The summed E-state index contributed by atoms with van der Waals surface area (Å²) >= 11 is 6.04. The van der Waals surface area contributed by atoms with Gasteiger partial charge < -0.3 is 15.2 Å². The standard InChI is InChI=1S/C15H14ClNO3/c1-20-14-7-6-12(8-13(14)16)17-9-10-2-4-11(5-3-10)15(18)19/h2-8,17H,9H2,1H3,(H,18,19). The first kappa shape index (κ1) is 14.2.